The number of halogens is 4. The Labute approximate surface area is 110 Å². The highest BCUT2D eigenvalue weighted by Crippen LogP contribution is 2.29. The number of ether oxygens (including phenoxy) is 1. The zero-order chi connectivity index (χ0) is 14.0. The molecule has 102 valence electrons. The van der Waals surface area contributed by atoms with Crippen molar-refractivity contribution in [3.05, 3.63) is 0 Å². The van der Waals surface area contributed by atoms with Gasteiger partial charge in [-0.2, -0.15) is 13.2 Å². The number of rotatable bonds is 3. The summed E-state index contributed by atoms with van der Waals surface area (Å²) in [5.74, 6) is -2.07. The van der Waals surface area contributed by atoms with E-state index < -0.39 is 23.5 Å². The van der Waals surface area contributed by atoms with Gasteiger partial charge in [0.1, 0.15) is 0 Å². The Morgan fingerprint density at radius 3 is 2.61 bits per heavy atom. The molecule has 0 N–H and O–H groups in total. The third-order valence-electron chi connectivity index (χ3n) is 2.29. The maximum Gasteiger partial charge on any atom is 0.451 e. The number of nitrogens with zero attached hydrogens (tertiary/aromatic N) is 2. The number of hydrogen-bond donors (Lipinski definition) is 0. The van der Waals surface area contributed by atoms with E-state index in [2.05, 4.69) is 25.9 Å². The van der Waals surface area contributed by atoms with Crippen LogP contribution in [0.3, 0.4) is 0 Å². The van der Waals surface area contributed by atoms with Gasteiger partial charge in [-0.1, -0.05) is 15.9 Å². The van der Waals surface area contributed by atoms with Gasteiger partial charge in [-0.05, 0) is 13.8 Å². The summed E-state index contributed by atoms with van der Waals surface area (Å²) in [7, 11) is 0. The monoisotopic (exact) mass is 328 g/mol. The van der Waals surface area contributed by atoms with Crippen LogP contribution in [0.25, 0.3) is 0 Å². The number of hydrogen-bond acceptors (Lipinski definition) is 4. The van der Waals surface area contributed by atoms with Crippen LogP contribution in [-0.4, -0.2) is 41.2 Å². The first kappa shape index (κ1) is 15.1. The maximum atomic E-state index is 12.6. The third-order valence-corrected chi connectivity index (χ3v) is 2.94. The van der Waals surface area contributed by atoms with E-state index in [9.17, 15) is 18.0 Å². The molecule has 1 atom stereocenters. The molecule has 0 saturated carbocycles. The molecule has 1 aliphatic rings. The molecule has 0 bridgehead atoms. The van der Waals surface area contributed by atoms with Crippen LogP contribution in [0, 0.1) is 0 Å². The molecule has 4 nitrogen and oxygen atoms in total. The van der Waals surface area contributed by atoms with Crippen molar-refractivity contribution in [2.75, 3.05) is 11.9 Å². The van der Waals surface area contributed by atoms with Gasteiger partial charge >= 0.3 is 12.1 Å². The van der Waals surface area contributed by atoms with Gasteiger partial charge in [0, 0.05) is 17.5 Å². The van der Waals surface area contributed by atoms with Crippen molar-refractivity contribution >= 4 is 33.4 Å². The number of alkyl halides is 4. The highest BCUT2D eigenvalue weighted by molar-refractivity contribution is 9.09. The predicted octanol–water partition coefficient (Wildman–Crippen LogP) is 2.51. The molecular formula is C10H12BrF3N2O2. The van der Waals surface area contributed by atoms with Gasteiger partial charge in [0.05, 0.1) is 6.61 Å². The lowest BCUT2D eigenvalue weighted by Gasteiger charge is -2.27. The average molecular weight is 329 g/mol. The van der Waals surface area contributed by atoms with Gasteiger partial charge < -0.3 is 4.74 Å². The topological polar surface area (TPSA) is 51.0 Å². The van der Waals surface area contributed by atoms with Crippen molar-refractivity contribution in [1.29, 1.82) is 0 Å². The normalized spacial score (nSPS) is 24.3. The van der Waals surface area contributed by atoms with E-state index in [0.717, 1.165) is 0 Å². The van der Waals surface area contributed by atoms with Gasteiger partial charge in [-0.25, -0.2) is 14.8 Å². The summed E-state index contributed by atoms with van der Waals surface area (Å²) < 4.78 is 42.7. The minimum absolute atomic E-state index is 0.0106. The van der Waals surface area contributed by atoms with Crippen molar-refractivity contribution < 1.29 is 22.7 Å². The summed E-state index contributed by atoms with van der Waals surface area (Å²) in [6.45, 7) is 2.98. The Bertz CT molecular complexity index is 406. The molecule has 1 unspecified atom stereocenters. The second kappa shape index (κ2) is 5.38. The van der Waals surface area contributed by atoms with Crippen molar-refractivity contribution in [3.63, 3.8) is 0 Å². The molecule has 18 heavy (non-hydrogen) atoms. The Balaban J connectivity index is 3.13. The zero-order valence-electron chi connectivity index (χ0n) is 9.84. The Morgan fingerprint density at radius 1 is 1.56 bits per heavy atom. The molecule has 1 aliphatic heterocycles. The SMILES string of the molecule is CCOC(=O)C1(C)CC(CBr)=NC(C(F)(F)F)=N1. The van der Waals surface area contributed by atoms with Crippen LogP contribution < -0.4 is 0 Å². The minimum Gasteiger partial charge on any atom is -0.464 e. The molecule has 0 spiro atoms. The van der Waals surface area contributed by atoms with Crippen molar-refractivity contribution in [2.24, 2.45) is 9.98 Å². The lowest BCUT2D eigenvalue weighted by molar-refractivity contribution is -0.148. The van der Waals surface area contributed by atoms with Crippen molar-refractivity contribution in [3.8, 4) is 0 Å². The molecule has 0 aliphatic carbocycles. The van der Waals surface area contributed by atoms with E-state index in [1.165, 1.54) is 6.92 Å². The average Bonchev–Trinajstić information content (AvgIpc) is 2.27. The van der Waals surface area contributed by atoms with E-state index >= 15 is 0 Å². The summed E-state index contributed by atoms with van der Waals surface area (Å²) in [6.07, 6.45) is -4.67. The van der Waals surface area contributed by atoms with Crippen LogP contribution in [0.2, 0.25) is 0 Å². The smallest absolute Gasteiger partial charge is 0.451 e. The fourth-order valence-corrected chi connectivity index (χ4v) is 1.82. The van der Waals surface area contributed by atoms with E-state index in [1.54, 1.807) is 6.92 Å². The first-order chi connectivity index (χ1) is 8.23. The summed E-state index contributed by atoms with van der Waals surface area (Å²) >= 11 is 3.04. The Kier molecular flexibility index (Phi) is 4.52. The molecule has 0 aromatic heterocycles. The highest BCUT2D eigenvalue weighted by Gasteiger charge is 2.45. The first-order valence-electron chi connectivity index (χ1n) is 5.19. The fourth-order valence-electron chi connectivity index (χ4n) is 1.49. The lowest BCUT2D eigenvalue weighted by Crippen LogP contribution is -2.43. The molecule has 0 aromatic rings. The predicted molar refractivity (Wildman–Crippen MR) is 64.4 cm³/mol. The minimum atomic E-state index is -4.68. The second-order valence-corrected chi connectivity index (χ2v) is 4.48. The summed E-state index contributed by atoms with van der Waals surface area (Å²) in [5, 5.41) is 0.150. The maximum absolute atomic E-state index is 12.6. The highest BCUT2D eigenvalue weighted by atomic mass is 79.9. The number of amidine groups is 1. The van der Waals surface area contributed by atoms with Crippen LogP contribution in [-0.2, 0) is 9.53 Å². The second-order valence-electron chi connectivity index (χ2n) is 3.92. The van der Waals surface area contributed by atoms with E-state index in [0.29, 0.717) is 0 Å². The zero-order valence-corrected chi connectivity index (χ0v) is 11.4. The largest absolute Gasteiger partial charge is 0.464 e. The third kappa shape index (κ3) is 3.30. The molecule has 0 fully saturated rings. The van der Waals surface area contributed by atoms with Gasteiger partial charge in [0.25, 0.3) is 0 Å². The van der Waals surface area contributed by atoms with Crippen molar-refractivity contribution in [2.45, 2.75) is 32.0 Å². The van der Waals surface area contributed by atoms with Crippen LogP contribution in [0.15, 0.2) is 9.98 Å². The number of esters is 1. The van der Waals surface area contributed by atoms with Crippen LogP contribution >= 0.6 is 15.9 Å². The molecule has 0 aromatic carbocycles. The molecular weight excluding hydrogens is 317 g/mol. The van der Waals surface area contributed by atoms with E-state index in [-0.39, 0.29) is 24.1 Å². The molecule has 1 heterocycles. The van der Waals surface area contributed by atoms with E-state index in [1.807, 2.05) is 0 Å². The quantitative estimate of drug-likeness (QED) is 0.590. The molecule has 0 radical (unpaired) electrons. The van der Waals surface area contributed by atoms with E-state index in [4.69, 9.17) is 4.74 Å². The Morgan fingerprint density at radius 2 is 2.17 bits per heavy atom. The van der Waals surface area contributed by atoms with Gasteiger partial charge in [0.15, 0.2) is 5.54 Å². The number of carbonyl (C=O) groups is 1. The van der Waals surface area contributed by atoms with Crippen molar-refractivity contribution in [1.82, 2.24) is 0 Å². The molecule has 0 saturated heterocycles. The molecule has 1 rings (SSSR count). The first-order valence-corrected chi connectivity index (χ1v) is 6.31. The van der Waals surface area contributed by atoms with Gasteiger partial charge in [-0.3, -0.25) is 0 Å². The van der Waals surface area contributed by atoms with Crippen LogP contribution in [0.4, 0.5) is 13.2 Å². The lowest BCUT2D eigenvalue weighted by atomic mass is 9.94. The number of aliphatic imine (C=N–C) groups is 2. The Hall–Kier alpha value is -0.920. The molecule has 0 amide bonds. The summed E-state index contributed by atoms with van der Waals surface area (Å²) in [6, 6.07) is 0. The molecule has 8 heteroatoms. The fraction of sp³-hybridized carbons (Fsp3) is 0.700. The van der Waals surface area contributed by atoms with Gasteiger partial charge in [-0.15, -0.1) is 0 Å². The van der Waals surface area contributed by atoms with Gasteiger partial charge in [0.2, 0.25) is 5.84 Å². The van der Waals surface area contributed by atoms with Crippen LogP contribution in [0.5, 0.6) is 0 Å². The summed E-state index contributed by atoms with van der Waals surface area (Å²) in [4.78, 5) is 18.5. The van der Waals surface area contributed by atoms with Crippen LogP contribution in [0.1, 0.15) is 20.3 Å². The number of carbonyl (C=O) groups excluding carboxylic acids is 1. The summed E-state index contributed by atoms with van der Waals surface area (Å²) in [5.41, 5.74) is -1.35. The standard InChI is InChI=1S/C10H12BrF3N2O2/c1-3-18-8(17)9(2)4-6(5-11)15-7(16-9)10(12,13)14/h3-5H2,1-2H3.